The Balaban J connectivity index is 0.000000407. The minimum atomic E-state index is -1.14. The SMILES string of the molecule is CC(=O)C(N=C1C(F)CC(c2ccccc2)N1C)=C(C)C.CCCCC(C)(F)CCC. The van der Waals surface area contributed by atoms with Gasteiger partial charge in [-0.3, -0.25) is 4.79 Å². The molecule has 1 saturated heterocycles. The Labute approximate surface area is 187 Å². The van der Waals surface area contributed by atoms with Gasteiger partial charge in [0, 0.05) is 20.4 Å². The van der Waals surface area contributed by atoms with E-state index in [1.807, 2.05) is 63.1 Å². The standard InChI is InChI=1S/C17H21FN2O.C9H19F/c1-11(2)16(12(3)21)19-17-14(18)10-15(20(17)4)13-8-6-5-7-9-13;1-4-6-8-9(3,10)7-5-2/h5-9,14-15H,10H2,1-4H3;4-8H2,1-3H3. The summed E-state index contributed by atoms with van der Waals surface area (Å²) in [5, 5.41) is 0. The fraction of sp³-hybridized carbons (Fsp3) is 0.615. The third-order valence-electron chi connectivity index (χ3n) is 5.58. The van der Waals surface area contributed by atoms with Gasteiger partial charge in [-0.1, -0.05) is 63.4 Å². The number of Topliss-reactive ketones (excluding diaryl/α,β-unsaturated/α-hetero) is 1. The van der Waals surface area contributed by atoms with Crippen molar-refractivity contribution in [1.29, 1.82) is 0 Å². The van der Waals surface area contributed by atoms with Crippen LogP contribution in [0.1, 0.15) is 91.7 Å². The first-order valence-electron chi connectivity index (χ1n) is 11.4. The maximum absolute atomic E-state index is 14.4. The van der Waals surface area contributed by atoms with Crippen molar-refractivity contribution in [2.45, 2.75) is 97.9 Å². The predicted octanol–water partition coefficient (Wildman–Crippen LogP) is 7.39. The minimum absolute atomic E-state index is 0.0367. The lowest BCUT2D eigenvalue weighted by molar-refractivity contribution is -0.113. The molecule has 174 valence electrons. The van der Waals surface area contributed by atoms with Gasteiger partial charge in [-0.2, -0.15) is 0 Å². The lowest BCUT2D eigenvalue weighted by Crippen LogP contribution is -2.26. The van der Waals surface area contributed by atoms with Crippen molar-refractivity contribution < 1.29 is 13.6 Å². The summed E-state index contributed by atoms with van der Waals surface area (Å²) in [4.78, 5) is 17.8. The highest BCUT2D eigenvalue weighted by Crippen LogP contribution is 2.34. The summed E-state index contributed by atoms with van der Waals surface area (Å²) in [6, 6.07) is 9.78. The topological polar surface area (TPSA) is 32.7 Å². The average molecular weight is 435 g/mol. The molecule has 0 aromatic heterocycles. The van der Waals surface area contributed by atoms with Crippen molar-refractivity contribution in [2.75, 3.05) is 7.05 Å². The third kappa shape index (κ3) is 8.54. The first-order valence-corrected chi connectivity index (χ1v) is 11.4. The second-order valence-corrected chi connectivity index (χ2v) is 8.88. The number of nitrogens with zero attached hydrogens (tertiary/aromatic N) is 2. The normalized spacial score (nSPS) is 21.3. The van der Waals surface area contributed by atoms with Gasteiger partial charge in [0.1, 0.15) is 17.2 Å². The van der Waals surface area contributed by atoms with Crippen LogP contribution in [0, 0.1) is 0 Å². The lowest BCUT2D eigenvalue weighted by Gasteiger charge is -2.22. The molecule has 1 aromatic carbocycles. The van der Waals surface area contributed by atoms with E-state index in [9.17, 15) is 13.6 Å². The molecule has 0 bridgehead atoms. The van der Waals surface area contributed by atoms with Crippen molar-refractivity contribution in [3.63, 3.8) is 0 Å². The van der Waals surface area contributed by atoms with Gasteiger partial charge in [-0.05, 0) is 44.7 Å². The largest absolute Gasteiger partial charge is 0.353 e. The number of hydrogen-bond acceptors (Lipinski definition) is 2. The Bertz CT molecular complexity index is 752. The van der Waals surface area contributed by atoms with Crippen molar-refractivity contribution >= 4 is 11.6 Å². The number of ketones is 1. The number of carbonyl (C=O) groups is 1. The number of benzene rings is 1. The van der Waals surface area contributed by atoms with Crippen molar-refractivity contribution in [3.8, 4) is 0 Å². The number of aliphatic imine (C=N–C) groups is 1. The van der Waals surface area contributed by atoms with Gasteiger partial charge in [0.15, 0.2) is 12.0 Å². The Kier molecular flexibility index (Phi) is 11.1. The summed E-state index contributed by atoms with van der Waals surface area (Å²) < 4.78 is 27.6. The van der Waals surface area contributed by atoms with Crippen LogP contribution in [-0.2, 0) is 4.79 Å². The lowest BCUT2D eigenvalue weighted by atomic mass is 9.96. The minimum Gasteiger partial charge on any atom is -0.353 e. The van der Waals surface area contributed by atoms with Gasteiger partial charge >= 0.3 is 0 Å². The number of halogens is 2. The van der Waals surface area contributed by atoms with Crippen LogP contribution in [0.5, 0.6) is 0 Å². The number of likely N-dealkylation sites (tertiary alicyclic amines) is 1. The molecule has 1 heterocycles. The smallest absolute Gasteiger partial charge is 0.178 e. The van der Waals surface area contributed by atoms with Gasteiger partial charge in [-0.15, -0.1) is 0 Å². The van der Waals surface area contributed by atoms with Gasteiger partial charge in [0.2, 0.25) is 0 Å². The molecular weight excluding hydrogens is 394 g/mol. The molecule has 3 atom stereocenters. The van der Waals surface area contributed by atoms with Crippen LogP contribution in [0.25, 0.3) is 0 Å². The number of unbranched alkanes of at least 4 members (excludes halogenated alkanes) is 1. The van der Waals surface area contributed by atoms with E-state index in [-0.39, 0.29) is 11.8 Å². The van der Waals surface area contributed by atoms with Gasteiger partial charge in [0.05, 0.1) is 6.04 Å². The highest BCUT2D eigenvalue weighted by Gasteiger charge is 2.36. The van der Waals surface area contributed by atoms with Crippen molar-refractivity contribution in [2.24, 2.45) is 4.99 Å². The average Bonchev–Trinajstić information content (AvgIpc) is 2.99. The Morgan fingerprint density at radius 3 is 2.23 bits per heavy atom. The zero-order chi connectivity index (χ0) is 23.6. The summed E-state index contributed by atoms with van der Waals surface area (Å²) in [7, 11) is 1.83. The number of hydrogen-bond donors (Lipinski definition) is 0. The van der Waals surface area contributed by atoms with E-state index in [1.54, 1.807) is 6.92 Å². The molecule has 2 rings (SSSR count). The molecule has 0 saturated carbocycles. The Hall–Kier alpha value is -2.04. The number of amidine groups is 1. The molecule has 1 aromatic rings. The number of rotatable bonds is 8. The summed E-state index contributed by atoms with van der Waals surface area (Å²) in [6.07, 6.45) is 3.75. The molecule has 0 aliphatic carbocycles. The van der Waals surface area contributed by atoms with E-state index in [0.29, 0.717) is 24.4 Å². The van der Waals surface area contributed by atoms with Crippen molar-refractivity contribution in [1.82, 2.24) is 4.90 Å². The van der Waals surface area contributed by atoms with Crippen LogP contribution < -0.4 is 0 Å². The highest BCUT2D eigenvalue weighted by molar-refractivity contribution is 5.99. The van der Waals surface area contributed by atoms with E-state index < -0.39 is 11.8 Å². The molecule has 3 unspecified atom stereocenters. The van der Waals surface area contributed by atoms with Gasteiger partial charge in [-0.25, -0.2) is 13.8 Å². The summed E-state index contributed by atoms with van der Waals surface area (Å²) in [5.74, 6) is 0.210. The quantitative estimate of drug-likeness (QED) is 0.400. The predicted molar refractivity (Wildman–Crippen MR) is 127 cm³/mol. The first kappa shape index (κ1) is 27.0. The molecule has 1 aliphatic rings. The Morgan fingerprint density at radius 2 is 1.74 bits per heavy atom. The fourth-order valence-electron chi connectivity index (χ4n) is 3.87. The Morgan fingerprint density at radius 1 is 1.13 bits per heavy atom. The molecule has 31 heavy (non-hydrogen) atoms. The van der Waals surface area contributed by atoms with Crippen LogP contribution in [0.15, 0.2) is 46.6 Å². The maximum Gasteiger partial charge on any atom is 0.178 e. The van der Waals surface area contributed by atoms with Crippen LogP contribution in [0.4, 0.5) is 8.78 Å². The van der Waals surface area contributed by atoms with E-state index in [4.69, 9.17) is 0 Å². The van der Waals surface area contributed by atoms with E-state index in [2.05, 4.69) is 11.9 Å². The second kappa shape index (κ2) is 12.7. The molecule has 3 nitrogen and oxygen atoms in total. The molecule has 0 radical (unpaired) electrons. The van der Waals surface area contributed by atoms with Gasteiger partial charge < -0.3 is 4.90 Å². The number of allylic oxidation sites excluding steroid dienone is 2. The monoisotopic (exact) mass is 434 g/mol. The molecule has 0 spiro atoms. The van der Waals surface area contributed by atoms with E-state index in [1.165, 1.54) is 6.92 Å². The second-order valence-electron chi connectivity index (χ2n) is 8.88. The van der Waals surface area contributed by atoms with Crippen molar-refractivity contribution in [3.05, 3.63) is 47.2 Å². The van der Waals surface area contributed by atoms with Gasteiger partial charge in [0.25, 0.3) is 0 Å². The number of alkyl halides is 2. The molecule has 5 heteroatoms. The molecule has 0 amide bonds. The van der Waals surface area contributed by atoms with E-state index in [0.717, 1.165) is 36.8 Å². The third-order valence-corrected chi connectivity index (χ3v) is 5.58. The summed E-state index contributed by atoms with van der Waals surface area (Å²) >= 11 is 0. The van der Waals surface area contributed by atoms with Crippen LogP contribution >= 0.6 is 0 Å². The number of carbonyl (C=O) groups excluding carboxylic acids is 1. The zero-order valence-corrected chi connectivity index (χ0v) is 20.3. The highest BCUT2D eigenvalue weighted by atomic mass is 19.1. The molecular formula is C26H40F2N2O. The van der Waals surface area contributed by atoms with Crippen LogP contribution in [0.3, 0.4) is 0 Å². The fourth-order valence-corrected chi connectivity index (χ4v) is 3.87. The van der Waals surface area contributed by atoms with E-state index >= 15 is 0 Å². The van der Waals surface area contributed by atoms with Crippen LogP contribution in [-0.4, -0.2) is 35.4 Å². The molecule has 1 fully saturated rings. The maximum atomic E-state index is 14.4. The first-order chi connectivity index (χ1) is 14.5. The molecule has 0 N–H and O–H groups in total. The summed E-state index contributed by atoms with van der Waals surface area (Å²) in [6.45, 7) is 10.9. The molecule has 1 aliphatic heterocycles. The van der Waals surface area contributed by atoms with Crippen LogP contribution in [0.2, 0.25) is 0 Å². The zero-order valence-electron chi connectivity index (χ0n) is 20.3. The summed E-state index contributed by atoms with van der Waals surface area (Å²) in [5.41, 5.74) is 1.33.